The van der Waals surface area contributed by atoms with Crippen LogP contribution in [0.1, 0.15) is 6.85 Å². The highest BCUT2D eigenvalue weighted by Crippen LogP contribution is 2.41. The molecule has 0 aliphatic carbocycles. The summed E-state index contributed by atoms with van der Waals surface area (Å²) in [5, 5.41) is 4.20. The van der Waals surface area contributed by atoms with Crippen molar-refractivity contribution in [1.82, 2.24) is 15.0 Å². The first-order valence-corrected chi connectivity index (χ1v) is 14.0. The predicted molar refractivity (Wildman–Crippen MR) is 172 cm³/mol. The second kappa shape index (κ2) is 9.77. The van der Waals surface area contributed by atoms with Crippen molar-refractivity contribution in [3.8, 4) is 45.3 Å². The van der Waals surface area contributed by atoms with Gasteiger partial charge in [-0.3, -0.25) is 0 Å². The lowest BCUT2D eigenvalue weighted by atomic mass is 10.0. The summed E-state index contributed by atoms with van der Waals surface area (Å²) >= 11 is 1.52. The summed E-state index contributed by atoms with van der Waals surface area (Å²) in [5.74, 6) is 1.70. The molecule has 0 aliphatic rings. The lowest BCUT2D eigenvalue weighted by Crippen LogP contribution is -2.00. The molecule has 0 saturated carbocycles. The first-order chi connectivity index (χ1) is 22.4. The van der Waals surface area contributed by atoms with Crippen LogP contribution in [0.3, 0.4) is 0 Å². The molecule has 0 saturated heterocycles. The summed E-state index contributed by atoms with van der Waals surface area (Å²) in [6.45, 7) is 0. The molecule has 2 aromatic heterocycles. The van der Waals surface area contributed by atoms with Gasteiger partial charge >= 0.3 is 0 Å². The third-order valence-electron chi connectivity index (χ3n) is 7.20. The molecule has 0 N–H and O–H groups in total. The van der Waals surface area contributed by atoms with E-state index in [1.807, 2.05) is 78.9 Å². The highest BCUT2D eigenvalue weighted by Gasteiger charge is 2.15. The van der Waals surface area contributed by atoms with Crippen LogP contribution in [-0.4, -0.2) is 15.0 Å². The average molecular weight is 547 g/mol. The Morgan fingerprint density at radius 3 is 1.98 bits per heavy atom. The molecule has 3 nitrogen and oxygen atoms in total. The summed E-state index contributed by atoms with van der Waals surface area (Å²) in [5.41, 5.74) is 3.42. The summed E-state index contributed by atoms with van der Waals surface area (Å²) in [7, 11) is 0. The zero-order valence-electron chi connectivity index (χ0n) is 26.6. The minimum atomic E-state index is -0.401. The van der Waals surface area contributed by atoms with E-state index in [1.54, 1.807) is 0 Å². The van der Waals surface area contributed by atoms with Crippen molar-refractivity contribution in [3.05, 3.63) is 139 Å². The number of fused-ring (bicyclic) bond motifs is 4. The summed E-state index contributed by atoms with van der Waals surface area (Å²) in [6.07, 6.45) is 0. The van der Waals surface area contributed by atoms with Crippen LogP contribution in [0.15, 0.2) is 139 Å². The molecule has 8 rings (SSSR count). The van der Waals surface area contributed by atoms with Crippen molar-refractivity contribution in [2.75, 3.05) is 0 Å². The molecule has 0 spiro atoms. The maximum atomic E-state index is 8.57. The zero-order chi connectivity index (χ0) is 31.5. The maximum Gasteiger partial charge on any atom is 0.164 e. The quantitative estimate of drug-likeness (QED) is 0.220. The molecule has 6 aromatic carbocycles. The Bertz CT molecular complexity index is 2470. The molecule has 41 heavy (non-hydrogen) atoms. The molecule has 0 radical (unpaired) electrons. The third kappa shape index (κ3) is 4.26. The maximum absolute atomic E-state index is 8.57. The van der Waals surface area contributed by atoms with Crippen LogP contribution in [0.4, 0.5) is 0 Å². The number of hydrogen-bond donors (Lipinski definition) is 0. The molecular weight excluding hydrogens is 518 g/mol. The highest BCUT2D eigenvalue weighted by atomic mass is 32.1. The van der Waals surface area contributed by atoms with Crippen molar-refractivity contribution < 1.29 is 6.85 Å². The molecule has 8 aromatic rings. The Labute approximate surface area is 248 Å². The molecule has 4 heteroatoms. The molecule has 0 aliphatic heterocycles. The van der Waals surface area contributed by atoms with E-state index in [9.17, 15) is 0 Å². The number of aromatic nitrogens is 3. The largest absolute Gasteiger partial charge is 0.208 e. The van der Waals surface area contributed by atoms with E-state index >= 15 is 0 Å². The molecule has 0 unspecified atom stereocenters. The zero-order valence-corrected chi connectivity index (χ0v) is 22.5. The fraction of sp³-hybridized carbons (Fsp3) is 0. The number of rotatable bonds is 4. The van der Waals surface area contributed by atoms with Gasteiger partial charge in [0.1, 0.15) is 0 Å². The van der Waals surface area contributed by atoms with Crippen LogP contribution < -0.4 is 0 Å². The third-order valence-corrected chi connectivity index (χ3v) is 8.40. The van der Waals surface area contributed by atoms with E-state index in [4.69, 9.17) is 21.8 Å². The topological polar surface area (TPSA) is 38.7 Å². The van der Waals surface area contributed by atoms with Crippen LogP contribution in [0.25, 0.3) is 76.2 Å². The van der Waals surface area contributed by atoms with Gasteiger partial charge in [0.25, 0.3) is 0 Å². The van der Waals surface area contributed by atoms with Crippen LogP contribution >= 0.6 is 11.3 Å². The Kier molecular flexibility index (Phi) is 4.52. The molecular formula is C37H23N3S. The second-order valence-corrected chi connectivity index (χ2v) is 10.8. The minimum Gasteiger partial charge on any atom is -0.208 e. The van der Waals surface area contributed by atoms with Gasteiger partial charge in [-0.2, -0.15) is 0 Å². The van der Waals surface area contributed by atoms with Crippen molar-refractivity contribution in [1.29, 1.82) is 0 Å². The molecule has 0 fully saturated rings. The summed E-state index contributed by atoms with van der Waals surface area (Å²) in [6, 6.07) is 34.5. The normalized spacial score (nSPS) is 13.1. The fourth-order valence-electron chi connectivity index (χ4n) is 5.20. The van der Waals surface area contributed by atoms with Gasteiger partial charge in [-0.25, -0.2) is 15.0 Å². The number of hydrogen-bond acceptors (Lipinski definition) is 4. The lowest BCUT2D eigenvalue weighted by molar-refractivity contribution is 1.08. The van der Waals surface area contributed by atoms with Crippen LogP contribution in [0, 0.1) is 0 Å². The smallest absolute Gasteiger partial charge is 0.164 e. The predicted octanol–water partition coefficient (Wildman–Crippen LogP) is 10.1. The van der Waals surface area contributed by atoms with E-state index in [0.717, 1.165) is 47.6 Å². The Morgan fingerprint density at radius 1 is 0.488 bits per heavy atom. The monoisotopic (exact) mass is 546 g/mol. The number of benzene rings is 6. The van der Waals surface area contributed by atoms with Gasteiger partial charge < -0.3 is 0 Å². The average Bonchev–Trinajstić information content (AvgIpc) is 3.48. The van der Waals surface area contributed by atoms with Gasteiger partial charge in [0.2, 0.25) is 0 Å². The number of thiophene rings is 1. The molecule has 0 amide bonds. The van der Waals surface area contributed by atoms with E-state index in [0.29, 0.717) is 23.0 Å². The van der Waals surface area contributed by atoms with Crippen LogP contribution in [0.2, 0.25) is 0 Å². The fourth-order valence-corrected chi connectivity index (χ4v) is 6.46. The Morgan fingerprint density at radius 2 is 1.17 bits per heavy atom. The van der Waals surface area contributed by atoms with Gasteiger partial charge in [-0.05, 0) is 34.0 Å². The van der Waals surface area contributed by atoms with Gasteiger partial charge in [-0.15, -0.1) is 11.3 Å². The highest BCUT2D eigenvalue weighted by molar-refractivity contribution is 7.26. The summed E-state index contributed by atoms with van der Waals surface area (Å²) < 4.78 is 43.4. The molecule has 0 bridgehead atoms. The van der Waals surface area contributed by atoms with Crippen LogP contribution in [-0.2, 0) is 0 Å². The van der Waals surface area contributed by atoms with Gasteiger partial charge in [0.05, 0.1) is 6.85 Å². The Balaban J connectivity index is 1.31. The minimum absolute atomic E-state index is 0.202. The molecule has 192 valence electrons. The van der Waals surface area contributed by atoms with Gasteiger partial charge in [0.15, 0.2) is 17.5 Å². The van der Waals surface area contributed by atoms with Crippen molar-refractivity contribution in [3.63, 3.8) is 0 Å². The molecule has 0 atom stereocenters. The SMILES string of the molecule is [2H]c1c([2H])c([2H])c(-c2cccc3c2sc2cc(-c4nc(-c5ccccc5)nc(-c5ccc6ccccc6c5)n4)ccc23)c([2H])c1[2H]. The van der Waals surface area contributed by atoms with E-state index in [1.165, 1.54) is 11.3 Å². The van der Waals surface area contributed by atoms with E-state index in [-0.39, 0.29) is 29.7 Å². The van der Waals surface area contributed by atoms with Crippen molar-refractivity contribution in [2.24, 2.45) is 0 Å². The van der Waals surface area contributed by atoms with Crippen molar-refractivity contribution in [2.45, 2.75) is 0 Å². The van der Waals surface area contributed by atoms with E-state index in [2.05, 4.69) is 30.3 Å². The van der Waals surface area contributed by atoms with Gasteiger partial charge in [0, 0.05) is 36.9 Å². The van der Waals surface area contributed by atoms with Crippen LogP contribution in [0.5, 0.6) is 0 Å². The second-order valence-electron chi connectivity index (χ2n) is 9.73. The number of nitrogens with zero attached hydrogens (tertiary/aromatic N) is 3. The summed E-state index contributed by atoms with van der Waals surface area (Å²) in [4.78, 5) is 14.8. The first-order valence-electron chi connectivity index (χ1n) is 15.7. The van der Waals surface area contributed by atoms with Gasteiger partial charge in [-0.1, -0.05) is 127 Å². The lowest BCUT2D eigenvalue weighted by Gasteiger charge is -2.09. The standard InChI is InChI=1S/C37H23N3S/c1-3-11-25(12-4-1)30-16-9-17-32-31-21-20-29(23-33(31)41-34(30)32)37-39-35(26-13-5-2-6-14-26)38-36(40-37)28-19-18-24-10-7-8-15-27(24)22-28/h1-23H/i1D,3D,4D,11D,12D. The van der Waals surface area contributed by atoms with E-state index < -0.39 is 6.04 Å². The van der Waals surface area contributed by atoms with Crippen molar-refractivity contribution >= 4 is 42.3 Å². The molecule has 2 heterocycles. The first kappa shape index (κ1) is 19.0. The Hall–Kier alpha value is -5.19.